The molecule has 0 bridgehead atoms. The van der Waals surface area contributed by atoms with Crippen LogP contribution in [0.2, 0.25) is 0 Å². The molecule has 3 aromatic heterocycles. The zero-order chi connectivity index (χ0) is 33.2. The number of carbonyl (C=O) groups excluding carboxylic acids is 1. The minimum atomic E-state index is -0.605. The summed E-state index contributed by atoms with van der Waals surface area (Å²) in [6.07, 6.45) is 6.72. The number of carbonyl (C=O) groups is 1. The van der Waals surface area contributed by atoms with Crippen LogP contribution in [0, 0.1) is 0 Å². The average molecular weight is 645 g/mol. The van der Waals surface area contributed by atoms with Crippen LogP contribution >= 0.6 is 0 Å². The Morgan fingerprint density at radius 1 is 0.958 bits per heavy atom. The van der Waals surface area contributed by atoms with Crippen molar-refractivity contribution in [1.82, 2.24) is 29.3 Å². The van der Waals surface area contributed by atoms with Gasteiger partial charge in [-0.05, 0) is 80.0 Å². The fourth-order valence-corrected chi connectivity index (χ4v) is 6.75. The molecule has 3 heterocycles. The number of benzene rings is 3. The molecule has 3 aromatic carbocycles. The highest BCUT2D eigenvalue weighted by Crippen LogP contribution is 2.33. The molecule has 1 aliphatic rings. The molecule has 11 heteroatoms. The van der Waals surface area contributed by atoms with Crippen molar-refractivity contribution >= 4 is 11.6 Å². The molecule has 48 heavy (non-hydrogen) atoms. The number of rotatable bonds is 10. The van der Waals surface area contributed by atoms with Gasteiger partial charge in [0.05, 0.1) is 11.8 Å². The van der Waals surface area contributed by atoms with E-state index in [1.54, 1.807) is 19.1 Å². The van der Waals surface area contributed by atoms with Crippen LogP contribution in [0.3, 0.4) is 0 Å². The molecule has 244 valence electrons. The van der Waals surface area contributed by atoms with Crippen molar-refractivity contribution in [1.29, 1.82) is 0 Å². The van der Waals surface area contributed by atoms with Gasteiger partial charge in [-0.15, -0.1) is 0 Å². The molecular formula is C37H36N6O5. The highest BCUT2D eigenvalue weighted by atomic mass is 16.5. The minimum absolute atomic E-state index is 0.0208. The number of fused-ring (bicyclic) bond motifs is 1. The lowest BCUT2D eigenvalue weighted by molar-refractivity contribution is 0.101. The van der Waals surface area contributed by atoms with Gasteiger partial charge in [0.2, 0.25) is 5.78 Å². The van der Waals surface area contributed by atoms with E-state index in [0.717, 1.165) is 71.4 Å². The number of aromatic amines is 1. The number of aryl methyl sites for hydroxylation is 1. The molecule has 0 amide bonds. The van der Waals surface area contributed by atoms with E-state index < -0.39 is 5.76 Å². The molecule has 1 N–H and O–H groups in total. The summed E-state index contributed by atoms with van der Waals surface area (Å²) in [5.41, 5.74) is 5.87. The molecule has 1 fully saturated rings. The Bertz CT molecular complexity index is 2180. The van der Waals surface area contributed by atoms with Gasteiger partial charge < -0.3 is 4.74 Å². The van der Waals surface area contributed by atoms with Gasteiger partial charge >= 0.3 is 5.76 Å². The number of aromatic nitrogens is 6. The van der Waals surface area contributed by atoms with E-state index in [2.05, 4.69) is 27.1 Å². The number of nitrogens with zero attached hydrogens (tertiary/aromatic N) is 5. The summed E-state index contributed by atoms with van der Waals surface area (Å²) in [5.74, 6) is 1.11. The van der Waals surface area contributed by atoms with Gasteiger partial charge in [-0.1, -0.05) is 67.0 Å². The van der Waals surface area contributed by atoms with Crippen molar-refractivity contribution in [2.75, 3.05) is 0 Å². The topological polar surface area (TPSA) is 137 Å². The Balaban J connectivity index is 1.15. The third kappa shape index (κ3) is 6.11. The highest BCUT2D eigenvalue weighted by molar-refractivity contribution is 5.94. The molecule has 0 spiro atoms. The summed E-state index contributed by atoms with van der Waals surface area (Å²) >= 11 is 0. The second-order valence-corrected chi connectivity index (χ2v) is 12.3. The van der Waals surface area contributed by atoms with Crippen LogP contribution in [0.1, 0.15) is 79.2 Å². The number of H-pyrrole nitrogens is 1. The predicted molar refractivity (Wildman–Crippen MR) is 180 cm³/mol. The third-order valence-corrected chi connectivity index (χ3v) is 9.15. The van der Waals surface area contributed by atoms with E-state index in [1.165, 1.54) is 6.33 Å². The first-order valence-electron chi connectivity index (χ1n) is 16.4. The normalized spacial score (nSPS) is 16.3. The highest BCUT2D eigenvalue weighted by Gasteiger charge is 2.28. The first-order chi connectivity index (χ1) is 23.4. The van der Waals surface area contributed by atoms with Gasteiger partial charge in [-0.2, -0.15) is 10.1 Å². The van der Waals surface area contributed by atoms with Crippen molar-refractivity contribution in [3.05, 3.63) is 122 Å². The lowest BCUT2D eigenvalue weighted by Gasteiger charge is -2.31. The summed E-state index contributed by atoms with van der Waals surface area (Å²) in [5, 5.41) is 8.45. The van der Waals surface area contributed by atoms with Gasteiger partial charge in [0.25, 0.3) is 5.56 Å². The third-order valence-electron chi connectivity index (χ3n) is 9.15. The SMILES string of the molecule is CCCc1c(Cc2ccc(-c3ccccc3-c3noc(=O)[nH]3)cc2)c(=O)n([C@H]2CC[C@@H](Oc3ccc(C(C)=O)cc3)CC2)c2ncnn12. The van der Waals surface area contributed by atoms with Crippen molar-refractivity contribution in [2.45, 2.75) is 70.9 Å². The Morgan fingerprint density at radius 3 is 2.35 bits per heavy atom. The Kier molecular flexibility index (Phi) is 8.58. The zero-order valence-electron chi connectivity index (χ0n) is 26.9. The lowest BCUT2D eigenvalue weighted by atomic mass is 9.92. The quantitative estimate of drug-likeness (QED) is 0.174. The summed E-state index contributed by atoms with van der Waals surface area (Å²) in [7, 11) is 0. The molecule has 11 nitrogen and oxygen atoms in total. The molecule has 0 atom stereocenters. The van der Waals surface area contributed by atoms with Crippen LogP contribution in [-0.2, 0) is 12.8 Å². The number of hydrogen-bond donors (Lipinski definition) is 1. The molecule has 1 aliphatic carbocycles. The molecule has 0 aliphatic heterocycles. The molecule has 0 radical (unpaired) electrons. The Labute approximate surface area is 276 Å². The predicted octanol–water partition coefficient (Wildman–Crippen LogP) is 6.21. The van der Waals surface area contributed by atoms with Crippen LogP contribution < -0.4 is 16.1 Å². The van der Waals surface area contributed by atoms with Crippen LogP contribution in [-0.4, -0.2) is 41.2 Å². The van der Waals surface area contributed by atoms with Gasteiger partial charge in [-0.25, -0.2) is 9.31 Å². The Morgan fingerprint density at radius 2 is 1.69 bits per heavy atom. The van der Waals surface area contributed by atoms with Crippen molar-refractivity contribution in [3.63, 3.8) is 0 Å². The molecule has 6 aromatic rings. The second-order valence-electron chi connectivity index (χ2n) is 12.3. The van der Waals surface area contributed by atoms with Crippen LogP contribution in [0.5, 0.6) is 5.75 Å². The summed E-state index contributed by atoms with van der Waals surface area (Å²) in [4.78, 5) is 44.8. The summed E-state index contributed by atoms with van der Waals surface area (Å²) in [6.45, 7) is 3.65. The fourth-order valence-electron chi connectivity index (χ4n) is 6.75. The van der Waals surface area contributed by atoms with Crippen molar-refractivity contribution in [3.8, 4) is 28.3 Å². The van der Waals surface area contributed by atoms with Crippen LogP contribution in [0.15, 0.2) is 93.2 Å². The van der Waals surface area contributed by atoms with E-state index in [1.807, 2.05) is 69.7 Å². The first kappa shape index (κ1) is 31.0. The molecule has 0 unspecified atom stereocenters. The zero-order valence-corrected chi connectivity index (χ0v) is 26.9. The minimum Gasteiger partial charge on any atom is -0.490 e. The summed E-state index contributed by atoms with van der Waals surface area (Å²) in [6, 6.07) is 23.0. The molecule has 0 saturated heterocycles. The monoisotopic (exact) mass is 644 g/mol. The van der Waals surface area contributed by atoms with E-state index in [4.69, 9.17) is 9.26 Å². The maximum absolute atomic E-state index is 14.4. The van der Waals surface area contributed by atoms with Gasteiger partial charge in [-0.3, -0.25) is 23.7 Å². The van der Waals surface area contributed by atoms with E-state index in [0.29, 0.717) is 30.0 Å². The van der Waals surface area contributed by atoms with Crippen LogP contribution in [0.4, 0.5) is 0 Å². The number of nitrogens with one attached hydrogen (secondary N) is 1. The maximum atomic E-state index is 14.4. The second kappa shape index (κ2) is 13.3. The lowest BCUT2D eigenvalue weighted by Crippen LogP contribution is -2.35. The number of ketones is 1. The standard InChI is InChI=1S/C37H36N6O5/c1-3-6-33-32(21-24-9-11-26(12-10-24)30-7-4-5-8-31(30)34-40-37(46)48-41-34)35(45)42(36-38-22-39-43(33)36)27-15-19-29(20-16-27)47-28-17-13-25(14-18-28)23(2)44/h4-5,7-14,17-18,22,27,29H,3,6,15-16,19-21H2,1-2H3,(H,40,41,46)/t27-,29+. The Hall–Kier alpha value is -5.58. The number of ether oxygens (including phenoxy) is 1. The van der Waals surface area contributed by atoms with Gasteiger partial charge in [0, 0.05) is 29.2 Å². The largest absolute Gasteiger partial charge is 0.490 e. The maximum Gasteiger partial charge on any atom is 0.439 e. The van der Waals surface area contributed by atoms with E-state index >= 15 is 0 Å². The van der Waals surface area contributed by atoms with Gasteiger partial charge in [0.1, 0.15) is 12.1 Å². The van der Waals surface area contributed by atoms with E-state index in [-0.39, 0.29) is 23.5 Å². The fraction of sp³-hybridized carbons (Fsp3) is 0.297. The first-order valence-corrected chi connectivity index (χ1v) is 16.4. The molecular weight excluding hydrogens is 608 g/mol. The van der Waals surface area contributed by atoms with Crippen molar-refractivity contribution < 1.29 is 14.1 Å². The number of hydrogen-bond acceptors (Lipinski definition) is 8. The van der Waals surface area contributed by atoms with Crippen LogP contribution in [0.25, 0.3) is 28.3 Å². The van der Waals surface area contributed by atoms with Crippen molar-refractivity contribution in [2.24, 2.45) is 0 Å². The smallest absolute Gasteiger partial charge is 0.439 e. The van der Waals surface area contributed by atoms with E-state index in [9.17, 15) is 14.4 Å². The molecule has 7 rings (SSSR count). The van der Waals surface area contributed by atoms with Gasteiger partial charge in [0.15, 0.2) is 11.6 Å². The summed E-state index contributed by atoms with van der Waals surface area (Å²) < 4.78 is 14.7. The number of Topliss-reactive ketones (excluding diaryl/α,β-unsaturated/α-hetero) is 1. The molecule has 1 saturated carbocycles. The average Bonchev–Trinajstić information content (AvgIpc) is 3.77.